The third-order valence-electron chi connectivity index (χ3n) is 2.39. The van der Waals surface area contributed by atoms with Crippen LogP contribution in [0.4, 0.5) is 0 Å². The number of aromatic carboxylic acids is 1. The van der Waals surface area contributed by atoms with Gasteiger partial charge in [-0.3, -0.25) is 0 Å². The lowest BCUT2D eigenvalue weighted by Gasteiger charge is -2.08. The van der Waals surface area contributed by atoms with Gasteiger partial charge in [0.1, 0.15) is 0 Å². The Labute approximate surface area is 114 Å². The van der Waals surface area contributed by atoms with Gasteiger partial charge in [0.2, 0.25) is 0 Å². The highest BCUT2D eigenvalue weighted by molar-refractivity contribution is 7.03. The zero-order valence-corrected chi connectivity index (χ0v) is 11.3. The molecule has 7 heteroatoms. The molecule has 98 valence electrons. The molecule has 1 N–H and O–H groups in total. The molecule has 0 bridgehead atoms. The van der Waals surface area contributed by atoms with Gasteiger partial charge in [-0.1, -0.05) is 18.3 Å². The van der Waals surface area contributed by atoms with E-state index in [4.69, 9.17) is 5.11 Å². The van der Waals surface area contributed by atoms with Crippen molar-refractivity contribution in [2.24, 2.45) is 0 Å². The molecule has 0 aliphatic heterocycles. The average molecular weight is 276 g/mol. The van der Waals surface area contributed by atoms with Gasteiger partial charge < -0.3 is 5.11 Å². The molecule has 0 saturated carbocycles. The highest BCUT2D eigenvalue weighted by atomic mass is 32.1. The molecule has 0 fully saturated rings. The monoisotopic (exact) mass is 276 g/mol. The van der Waals surface area contributed by atoms with Gasteiger partial charge in [-0.05, 0) is 29.6 Å². The Morgan fingerprint density at radius 1 is 1.42 bits per heavy atom. The Bertz CT molecular complexity index is 608. The number of carbonyl (C=O) groups is 1. The molecule has 0 spiro atoms. The van der Waals surface area contributed by atoms with Crippen molar-refractivity contribution in [3.8, 4) is 0 Å². The number of nitrogens with zero attached hydrogens (tertiary/aromatic N) is 4. The van der Waals surface area contributed by atoms with Crippen LogP contribution in [0.2, 0.25) is 0 Å². The fourth-order valence-corrected chi connectivity index (χ4v) is 1.92. The zero-order chi connectivity index (χ0) is 13.8. The van der Waals surface area contributed by atoms with E-state index in [1.165, 1.54) is 17.7 Å². The first-order valence-corrected chi connectivity index (χ1v) is 6.47. The molecule has 0 saturated heterocycles. The second kappa shape index (κ2) is 5.66. The van der Waals surface area contributed by atoms with Gasteiger partial charge >= 0.3 is 5.97 Å². The van der Waals surface area contributed by atoms with E-state index in [1.54, 1.807) is 17.5 Å². The number of aromatic nitrogens is 4. The van der Waals surface area contributed by atoms with E-state index < -0.39 is 5.97 Å². The predicted molar refractivity (Wildman–Crippen MR) is 71.9 cm³/mol. The summed E-state index contributed by atoms with van der Waals surface area (Å²) in [5.74, 6) is -0.535. The number of rotatable bonds is 4. The average Bonchev–Trinajstić information content (AvgIpc) is 2.88. The number of hydrogen-bond donors (Lipinski definition) is 1. The number of hydrogen-bond acceptors (Lipinski definition) is 6. The highest BCUT2D eigenvalue weighted by Gasteiger charge is 2.15. The van der Waals surface area contributed by atoms with Gasteiger partial charge in [-0.2, -0.15) is 0 Å². The zero-order valence-electron chi connectivity index (χ0n) is 10.4. The Morgan fingerprint density at radius 2 is 2.21 bits per heavy atom. The van der Waals surface area contributed by atoms with Crippen LogP contribution in [0.3, 0.4) is 0 Å². The maximum absolute atomic E-state index is 11.1. The first kappa shape index (κ1) is 13.3. The first-order valence-electron chi connectivity index (χ1n) is 5.63. The first-order chi connectivity index (χ1) is 9.08. The molecule has 6 nitrogen and oxygen atoms in total. The van der Waals surface area contributed by atoms with Crippen molar-refractivity contribution >= 4 is 29.7 Å². The standard InChI is InChI=1S/C12H12N4O2S/c1-7(2)11-9(12(17)18)5-13-10(14-11)4-3-8-6-19-16-15-8/h3-7H,1-2H3,(H,17,18). The van der Waals surface area contributed by atoms with Gasteiger partial charge in [0.15, 0.2) is 5.82 Å². The van der Waals surface area contributed by atoms with Crippen molar-refractivity contribution in [1.29, 1.82) is 0 Å². The van der Waals surface area contributed by atoms with Crippen LogP contribution in [0.25, 0.3) is 12.2 Å². The van der Waals surface area contributed by atoms with E-state index in [1.807, 2.05) is 13.8 Å². The Kier molecular flexibility index (Phi) is 3.96. The molecule has 2 aromatic heterocycles. The van der Waals surface area contributed by atoms with E-state index in [9.17, 15) is 4.79 Å². The summed E-state index contributed by atoms with van der Waals surface area (Å²) in [4.78, 5) is 19.4. The second-order valence-electron chi connectivity index (χ2n) is 4.15. The topological polar surface area (TPSA) is 88.9 Å². The van der Waals surface area contributed by atoms with Crippen molar-refractivity contribution in [2.45, 2.75) is 19.8 Å². The summed E-state index contributed by atoms with van der Waals surface area (Å²) in [7, 11) is 0. The van der Waals surface area contributed by atoms with Crippen molar-refractivity contribution in [3.05, 3.63) is 34.4 Å². The van der Waals surface area contributed by atoms with E-state index in [-0.39, 0.29) is 11.5 Å². The van der Waals surface area contributed by atoms with Gasteiger partial charge in [0.25, 0.3) is 0 Å². The van der Waals surface area contributed by atoms with Gasteiger partial charge in [-0.25, -0.2) is 14.8 Å². The fourth-order valence-electron chi connectivity index (χ4n) is 1.50. The molecule has 2 heterocycles. The van der Waals surface area contributed by atoms with Crippen molar-refractivity contribution < 1.29 is 9.90 Å². The van der Waals surface area contributed by atoms with Crippen LogP contribution in [0.15, 0.2) is 11.6 Å². The van der Waals surface area contributed by atoms with Gasteiger partial charge in [-0.15, -0.1) is 5.10 Å². The maximum atomic E-state index is 11.1. The molecular formula is C12H12N4O2S. The molecule has 2 aromatic rings. The van der Waals surface area contributed by atoms with Crippen LogP contribution in [-0.2, 0) is 0 Å². The summed E-state index contributed by atoms with van der Waals surface area (Å²) in [6.45, 7) is 3.79. The minimum absolute atomic E-state index is 0.0159. The molecule has 2 rings (SSSR count). The Morgan fingerprint density at radius 3 is 2.79 bits per heavy atom. The molecule has 0 aromatic carbocycles. The SMILES string of the molecule is CC(C)c1nc(C=Cc2csnn2)ncc1C(=O)O. The normalized spacial score (nSPS) is 11.3. The van der Waals surface area contributed by atoms with E-state index >= 15 is 0 Å². The van der Waals surface area contributed by atoms with Crippen LogP contribution in [-0.4, -0.2) is 30.6 Å². The van der Waals surface area contributed by atoms with Crippen molar-refractivity contribution in [2.75, 3.05) is 0 Å². The minimum atomic E-state index is -1.01. The third kappa shape index (κ3) is 3.19. The van der Waals surface area contributed by atoms with Gasteiger partial charge in [0, 0.05) is 11.6 Å². The maximum Gasteiger partial charge on any atom is 0.339 e. The van der Waals surface area contributed by atoms with E-state index in [2.05, 4.69) is 19.6 Å². The van der Waals surface area contributed by atoms with Crippen LogP contribution in [0.5, 0.6) is 0 Å². The minimum Gasteiger partial charge on any atom is -0.478 e. The lowest BCUT2D eigenvalue weighted by atomic mass is 10.1. The quantitative estimate of drug-likeness (QED) is 0.921. The molecular weight excluding hydrogens is 264 g/mol. The van der Waals surface area contributed by atoms with E-state index in [0.717, 1.165) is 5.69 Å². The molecule has 0 amide bonds. The largest absolute Gasteiger partial charge is 0.478 e. The predicted octanol–water partition coefficient (Wildman–Crippen LogP) is 2.32. The molecule has 0 radical (unpaired) electrons. The smallest absolute Gasteiger partial charge is 0.339 e. The van der Waals surface area contributed by atoms with Crippen molar-refractivity contribution in [1.82, 2.24) is 19.6 Å². The van der Waals surface area contributed by atoms with Crippen molar-refractivity contribution in [3.63, 3.8) is 0 Å². The van der Waals surface area contributed by atoms with Crippen LogP contribution in [0, 0.1) is 0 Å². The molecule has 0 aliphatic rings. The lowest BCUT2D eigenvalue weighted by Crippen LogP contribution is -2.08. The highest BCUT2D eigenvalue weighted by Crippen LogP contribution is 2.17. The summed E-state index contributed by atoms with van der Waals surface area (Å²) in [5.41, 5.74) is 1.39. The summed E-state index contributed by atoms with van der Waals surface area (Å²) >= 11 is 1.26. The van der Waals surface area contributed by atoms with Crippen LogP contribution >= 0.6 is 11.5 Å². The second-order valence-corrected chi connectivity index (χ2v) is 4.76. The Hall–Kier alpha value is -2.15. The number of carboxylic acids is 1. The van der Waals surface area contributed by atoms with E-state index in [0.29, 0.717) is 11.5 Å². The molecule has 0 unspecified atom stereocenters. The lowest BCUT2D eigenvalue weighted by molar-refractivity contribution is 0.0694. The molecule has 19 heavy (non-hydrogen) atoms. The summed E-state index contributed by atoms with van der Waals surface area (Å²) in [5, 5.41) is 14.7. The van der Waals surface area contributed by atoms with Crippen LogP contribution < -0.4 is 0 Å². The summed E-state index contributed by atoms with van der Waals surface area (Å²) in [6, 6.07) is 0. The third-order valence-corrected chi connectivity index (χ3v) is 2.92. The molecule has 0 atom stereocenters. The van der Waals surface area contributed by atoms with Gasteiger partial charge in [0.05, 0.1) is 17.0 Å². The summed E-state index contributed by atoms with van der Waals surface area (Å²) in [6.07, 6.45) is 4.77. The summed E-state index contributed by atoms with van der Waals surface area (Å²) < 4.78 is 3.74. The fraction of sp³-hybridized carbons (Fsp3) is 0.250. The number of carboxylic acid groups (broad SMARTS) is 1. The Balaban J connectivity index is 2.33. The molecule has 0 aliphatic carbocycles. The van der Waals surface area contributed by atoms with Crippen LogP contribution in [0.1, 0.15) is 47.3 Å².